The average molecular weight is 333 g/mol. The molecule has 1 fully saturated rings. The fraction of sp³-hybridized carbons (Fsp3) is 0.312. The van der Waals surface area contributed by atoms with Gasteiger partial charge in [0, 0.05) is 18.2 Å². The molecule has 2 aromatic rings. The number of rotatable bonds is 4. The van der Waals surface area contributed by atoms with Crippen LogP contribution in [-0.4, -0.2) is 42.0 Å². The zero-order chi connectivity index (χ0) is 16.4. The van der Waals surface area contributed by atoms with Gasteiger partial charge in [-0.2, -0.15) is 4.31 Å². The molecule has 0 saturated carbocycles. The molecule has 6 nitrogen and oxygen atoms in total. The number of aliphatic hydroxyl groups is 1. The number of sulfonamides is 1. The van der Waals surface area contributed by atoms with Crippen LogP contribution in [-0.2, 0) is 10.0 Å². The molecule has 1 aromatic carbocycles. The van der Waals surface area contributed by atoms with Crippen molar-refractivity contribution in [3.05, 3.63) is 42.5 Å². The summed E-state index contributed by atoms with van der Waals surface area (Å²) < 4.78 is 26.8. The highest BCUT2D eigenvalue weighted by atomic mass is 32.2. The second-order valence-corrected chi connectivity index (χ2v) is 7.46. The molecule has 1 atom stereocenters. The van der Waals surface area contributed by atoms with Crippen molar-refractivity contribution >= 4 is 15.8 Å². The molecule has 0 amide bonds. The fourth-order valence-corrected chi connectivity index (χ4v) is 4.54. The van der Waals surface area contributed by atoms with Crippen LogP contribution in [0.5, 0.6) is 0 Å². The normalized spacial score (nSPS) is 19.1. The SMILES string of the molecule is Nc1cccc(-c2ccc(S(=O)(=O)N3CCC[C@@H]3CO)cc2)n1. The zero-order valence-corrected chi connectivity index (χ0v) is 13.4. The van der Waals surface area contributed by atoms with Gasteiger partial charge < -0.3 is 10.8 Å². The van der Waals surface area contributed by atoms with E-state index in [0.29, 0.717) is 24.5 Å². The lowest BCUT2D eigenvalue weighted by Crippen LogP contribution is -2.37. The number of pyridine rings is 1. The summed E-state index contributed by atoms with van der Waals surface area (Å²) in [7, 11) is -3.58. The summed E-state index contributed by atoms with van der Waals surface area (Å²) in [6.07, 6.45) is 1.47. The maximum absolute atomic E-state index is 12.7. The highest BCUT2D eigenvalue weighted by Crippen LogP contribution is 2.27. The van der Waals surface area contributed by atoms with Gasteiger partial charge in [-0.15, -0.1) is 0 Å². The number of benzene rings is 1. The first kappa shape index (κ1) is 15.9. The molecule has 0 spiro atoms. The van der Waals surface area contributed by atoms with Crippen LogP contribution < -0.4 is 5.73 Å². The minimum atomic E-state index is -3.58. The monoisotopic (exact) mass is 333 g/mol. The average Bonchev–Trinajstić information content (AvgIpc) is 3.04. The Morgan fingerprint density at radius 3 is 2.61 bits per heavy atom. The molecule has 1 aliphatic rings. The Hall–Kier alpha value is -1.96. The van der Waals surface area contributed by atoms with E-state index < -0.39 is 10.0 Å². The van der Waals surface area contributed by atoms with Crippen LogP contribution in [0, 0.1) is 0 Å². The molecule has 0 aliphatic carbocycles. The van der Waals surface area contributed by atoms with Gasteiger partial charge in [0.1, 0.15) is 5.82 Å². The highest BCUT2D eigenvalue weighted by molar-refractivity contribution is 7.89. The summed E-state index contributed by atoms with van der Waals surface area (Å²) in [5.74, 6) is 0.419. The van der Waals surface area contributed by atoms with Crippen molar-refractivity contribution < 1.29 is 13.5 Å². The molecule has 3 rings (SSSR count). The van der Waals surface area contributed by atoms with Crippen molar-refractivity contribution in [1.82, 2.24) is 9.29 Å². The smallest absolute Gasteiger partial charge is 0.243 e. The van der Waals surface area contributed by atoms with Gasteiger partial charge in [-0.3, -0.25) is 0 Å². The van der Waals surface area contributed by atoms with E-state index in [0.717, 1.165) is 12.0 Å². The first-order valence-electron chi connectivity index (χ1n) is 7.48. The van der Waals surface area contributed by atoms with E-state index in [4.69, 9.17) is 5.73 Å². The van der Waals surface area contributed by atoms with E-state index in [1.54, 1.807) is 36.4 Å². The molecule has 2 heterocycles. The molecule has 1 aliphatic heterocycles. The lowest BCUT2D eigenvalue weighted by atomic mass is 10.1. The third kappa shape index (κ3) is 3.08. The van der Waals surface area contributed by atoms with Crippen LogP contribution >= 0.6 is 0 Å². The number of nitrogens with zero attached hydrogens (tertiary/aromatic N) is 2. The van der Waals surface area contributed by atoms with Crippen LogP contribution in [0.25, 0.3) is 11.3 Å². The van der Waals surface area contributed by atoms with E-state index in [1.807, 2.05) is 6.07 Å². The lowest BCUT2D eigenvalue weighted by molar-refractivity contribution is 0.213. The minimum absolute atomic E-state index is 0.148. The summed E-state index contributed by atoms with van der Waals surface area (Å²) in [6, 6.07) is 11.6. The van der Waals surface area contributed by atoms with E-state index >= 15 is 0 Å². The first-order chi connectivity index (χ1) is 11.0. The quantitative estimate of drug-likeness (QED) is 0.883. The molecule has 1 aromatic heterocycles. The number of aliphatic hydroxyl groups excluding tert-OH is 1. The summed E-state index contributed by atoms with van der Waals surface area (Å²) in [5.41, 5.74) is 7.17. The van der Waals surface area contributed by atoms with Gasteiger partial charge in [-0.1, -0.05) is 18.2 Å². The Balaban J connectivity index is 1.90. The van der Waals surface area contributed by atoms with Gasteiger partial charge in [-0.25, -0.2) is 13.4 Å². The van der Waals surface area contributed by atoms with Crippen LogP contribution in [0.15, 0.2) is 47.4 Å². The number of aromatic nitrogens is 1. The van der Waals surface area contributed by atoms with E-state index in [9.17, 15) is 13.5 Å². The van der Waals surface area contributed by atoms with E-state index in [2.05, 4.69) is 4.98 Å². The van der Waals surface area contributed by atoms with E-state index in [1.165, 1.54) is 4.31 Å². The molecule has 0 unspecified atom stereocenters. The fourth-order valence-electron chi connectivity index (χ4n) is 2.85. The molecule has 7 heteroatoms. The Bertz CT molecular complexity index is 790. The molecule has 0 radical (unpaired) electrons. The van der Waals surface area contributed by atoms with Gasteiger partial charge in [0.25, 0.3) is 0 Å². The van der Waals surface area contributed by atoms with Gasteiger partial charge >= 0.3 is 0 Å². The molecular weight excluding hydrogens is 314 g/mol. The zero-order valence-electron chi connectivity index (χ0n) is 12.6. The standard InChI is InChI=1S/C16H19N3O3S/c17-16-5-1-4-15(18-16)12-6-8-14(9-7-12)23(21,22)19-10-2-3-13(19)11-20/h1,4-9,13,20H,2-3,10-11H2,(H2,17,18)/t13-/m1/s1. The summed E-state index contributed by atoms with van der Waals surface area (Å²) >= 11 is 0. The van der Waals surface area contributed by atoms with Gasteiger partial charge in [0.2, 0.25) is 10.0 Å². The number of hydrogen-bond donors (Lipinski definition) is 2. The first-order valence-corrected chi connectivity index (χ1v) is 8.92. The van der Waals surface area contributed by atoms with Crippen molar-refractivity contribution in [1.29, 1.82) is 0 Å². The second kappa shape index (κ2) is 6.27. The van der Waals surface area contributed by atoms with Crippen molar-refractivity contribution in [2.45, 2.75) is 23.8 Å². The van der Waals surface area contributed by atoms with Gasteiger partial charge in [-0.05, 0) is 37.1 Å². The predicted octanol–water partition coefficient (Wildman–Crippen LogP) is 1.48. The van der Waals surface area contributed by atoms with Crippen LogP contribution in [0.3, 0.4) is 0 Å². The molecule has 122 valence electrons. The Labute approximate surface area is 135 Å². The Kier molecular flexibility index (Phi) is 4.34. The Morgan fingerprint density at radius 1 is 1.22 bits per heavy atom. The summed E-state index contributed by atoms with van der Waals surface area (Å²) in [6.45, 7) is 0.302. The number of hydrogen-bond acceptors (Lipinski definition) is 5. The van der Waals surface area contributed by atoms with Crippen LogP contribution in [0.2, 0.25) is 0 Å². The minimum Gasteiger partial charge on any atom is -0.395 e. The highest BCUT2D eigenvalue weighted by Gasteiger charge is 2.34. The van der Waals surface area contributed by atoms with Crippen molar-refractivity contribution in [2.24, 2.45) is 0 Å². The lowest BCUT2D eigenvalue weighted by Gasteiger charge is -2.22. The van der Waals surface area contributed by atoms with Crippen molar-refractivity contribution in [2.75, 3.05) is 18.9 Å². The Morgan fingerprint density at radius 2 is 1.96 bits per heavy atom. The third-order valence-electron chi connectivity index (χ3n) is 4.06. The summed E-state index contributed by atoms with van der Waals surface area (Å²) in [5, 5.41) is 9.34. The molecule has 1 saturated heterocycles. The predicted molar refractivity (Wildman–Crippen MR) is 88.1 cm³/mol. The largest absolute Gasteiger partial charge is 0.395 e. The maximum Gasteiger partial charge on any atom is 0.243 e. The van der Waals surface area contributed by atoms with Gasteiger partial charge in [0.05, 0.1) is 17.2 Å². The van der Waals surface area contributed by atoms with Crippen LogP contribution in [0.4, 0.5) is 5.82 Å². The van der Waals surface area contributed by atoms with Gasteiger partial charge in [0.15, 0.2) is 0 Å². The topological polar surface area (TPSA) is 96.5 Å². The molecule has 0 bridgehead atoms. The summed E-state index contributed by atoms with van der Waals surface area (Å²) in [4.78, 5) is 4.45. The van der Waals surface area contributed by atoms with Crippen molar-refractivity contribution in [3.8, 4) is 11.3 Å². The number of anilines is 1. The van der Waals surface area contributed by atoms with E-state index in [-0.39, 0.29) is 17.5 Å². The van der Waals surface area contributed by atoms with Crippen LogP contribution in [0.1, 0.15) is 12.8 Å². The van der Waals surface area contributed by atoms with Crippen molar-refractivity contribution in [3.63, 3.8) is 0 Å². The third-order valence-corrected chi connectivity index (χ3v) is 6.03. The number of nitrogens with two attached hydrogens (primary N) is 1. The molecule has 3 N–H and O–H groups in total. The number of nitrogen functional groups attached to an aromatic ring is 1. The molecule has 23 heavy (non-hydrogen) atoms. The maximum atomic E-state index is 12.7. The molecular formula is C16H19N3O3S. The second-order valence-electron chi connectivity index (χ2n) is 5.57.